The van der Waals surface area contributed by atoms with Crippen molar-refractivity contribution in [3.8, 4) is 5.75 Å². The summed E-state index contributed by atoms with van der Waals surface area (Å²) >= 11 is 7.74. The molecule has 0 amide bonds. The summed E-state index contributed by atoms with van der Waals surface area (Å²) in [5.74, 6) is 1.78. The molecule has 3 nitrogen and oxygen atoms in total. The predicted molar refractivity (Wildman–Crippen MR) is 78.2 cm³/mol. The highest BCUT2D eigenvalue weighted by Crippen LogP contribution is 2.50. The number of benzene rings is 1. The Morgan fingerprint density at radius 3 is 2.79 bits per heavy atom. The maximum Gasteiger partial charge on any atom is 0.303 e. The van der Waals surface area contributed by atoms with Crippen LogP contribution in [-0.4, -0.2) is 29.2 Å². The van der Waals surface area contributed by atoms with Crippen LogP contribution in [0.3, 0.4) is 0 Å². The number of carboxylic acids is 1. The lowest BCUT2D eigenvalue weighted by molar-refractivity contribution is -0.138. The molecular weight excluding hydrogens is 284 g/mol. The Morgan fingerprint density at radius 2 is 2.16 bits per heavy atom. The van der Waals surface area contributed by atoms with E-state index in [9.17, 15) is 4.79 Å². The Balaban J connectivity index is 1.63. The topological polar surface area (TPSA) is 46.5 Å². The molecule has 19 heavy (non-hydrogen) atoms. The highest BCUT2D eigenvalue weighted by Gasteiger charge is 2.43. The molecule has 5 heteroatoms. The van der Waals surface area contributed by atoms with E-state index in [1.807, 2.05) is 18.2 Å². The number of thioether (sulfide) groups is 1. The molecule has 1 aliphatic carbocycles. The second-order valence-corrected chi connectivity index (χ2v) is 6.41. The highest BCUT2D eigenvalue weighted by molar-refractivity contribution is 7.99. The normalized spacial score (nSPS) is 16.1. The molecule has 1 saturated carbocycles. The van der Waals surface area contributed by atoms with E-state index in [1.165, 1.54) is 0 Å². The lowest BCUT2D eigenvalue weighted by Crippen LogP contribution is -2.12. The standard InChI is InChI=1S/C14H17ClO3S/c15-11-3-1-2-4-12(11)18-7-8-19-10-14(5-6-14)9-13(16)17/h1-4H,5-10H2,(H,16,17). The number of carbonyl (C=O) groups is 1. The Morgan fingerprint density at radius 1 is 1.42 bits per heavy atom. The van der Waals surface area contributed by atoms with Crippen LogP contribution in [0.4, 0.5) is 0 Å². The van der Waals surface area contributed by atoms with E-state index in [4.69, 9.17) is 21.4 Å². The summed E-state index contributed by atoms with van der Waals surface area (Å²) in [4.78, 5) is 10.7. The maximum atomic E-state index is 10.7. The molecule has 0 radical (unpaired) electrons. The molecule has 0 bridgehead atoms. The minimum Gasteiger partial charge on any atom is -0.491 e. The molecule has 0 atom stereocenters. The molecule has 0 unspecified atom stereocenters. The largest absolute Gasteiger partial charge is 0.491 e. The van der Waals surface area contributed by atoms with Gasteiger partial charge in [-0.25, -0.2) is 0 Å². The Kier molecular flexibility index (Phi) is 4.99. The van der Waals surface area contributed by atoms with Crippen LogP contribution in [0.5, 0.6) is 5.75 Å². The van der Waals surface area contributed by atoms with Gasteiger partial charge in [0.25, 0.3) is 0 Å². The molecule has 1 aromatic carbocycles. The van der Waals surface area contributed by atoms with Crippen molar-refractivity contribution in [1.29, 1.82) is 0 Å². The summed E-state index contributed by atoms with van der Waals surface area (Å²) in [6.07, 6.45) is 2.38. The molecule has 1 fully saturated rings. The molecule has 1 N–H and O–H groups in total. The second kappa shape index (κ2) is 6.53. The third-order valence-electron chi connectivity index (χ3n) is 3.21. The van der Waals surface area contributed by atoms with Gasteiger partial charge in [-0.05, 0) is 36.1 Å². The first-order valence-electron chi connectivity index (χ1n) is 6.28. The van der Waals surface area contributed by atoms with Gasteiger partial charge in [0, 0.05) is 5.75 Å². The molecule has 1 aliphatic rings. The molecular formula is C14H17ClO3S. The van der Waals surface area contributed by atoms with Gasteiger partial charge in [-0.2, -0.15) is 11.8 Å². The average Bonchev–Trinajstić information content (AvgIpc) is 3.10. The summed E-state index contributed by atoms with van der Waals surface area (Å²) in [5, 5.41) is 9.44. The number of halogens is 1. The van der Waals surface area contributed by atoms with E-state index >= 15 is 0 Å². The van der Waals surface area contributed by atoms with Gasteiger partial charge in [0.2, 0.25) is 0 Å². The van der Waals surface area contributed by atoms with Crippen LogP contribution in [0.25, 0.3) is 0 Å². The number of para-hydroxylation sites is 1. The molecule has 0 aromatic heterocycles. The fraction of sp³-hybridized carbons (Fsp3) is 0.500. The molecule has 1 aromatic rings. The van der Waals surface area contributed by atoms with Crippen LogP contribution >= 0.6 is 23.4 Å². The van der Waals surface area contributed by atoms with E-state index in [0.717, 1.165) is 24.3 Å². The lowest BCUT2D eigenvalue weighted by Gasteiger charge is -2.12. The van der Waals surface area contributed by atoms with Crippen molar-refractivity contribution in [3.05, 3.63) is 29.3 Å². The van der Waals surface area contributed by atoms with E-state index < -0.39 is 5.97 Å². The van der Waals surface area contributed by atoms with Gasteiger partial charge >= 0.3 is 5.97 Å². The van der Waals surface area contributed by atoms with Gasteiger partial charge in [0.05, 0.1) is 18.1 Å². The van der Waals surface area contributed by atoms with E-state index in [0.29, 0.717) is 23.8 Å². The fourth-order valence-corrected chi connectivity index (χ4v) is 3.29. The van der Waals surface area contributed by atoms with Crippen LogP contribution < -0.4 is 4.74 Å². The van der Waals surface area contributed by atoms with Crippen molar-refractivity contribution in [2.24, 2.45) is 5.41 Å². The van der Waals surface area contributed by atoms with Gasteiger partial charge in [-0.15, -0.1) is 0 Å². The maximum absolute atomic E-state index is 10.7. The SMILES string of the molecule is O=C(O)CC1(CSCCOc2ccccc2Cl)CC1. The van der Waals surface area contributed by atoms with Crippen molar-refractivity contribution in [3.63, 3.8) is 0 Å². The number of aliphatic carboxylic acids is 1. The van der Waals surface area contributed by atoms with Crippen molar-refractivity contribution in [2.75, 3.05) is 18.1 Å². The molecule has 0 saturated heterocycles. The highest BCUT2D eigenvalue weighted by atomic mass is 35.5. The van der Waals surface area contributed by atoms with E-state index in [1.54, 1.807) is 17.8 Å². The van der Waals surface area contributed by atoms with Gasteiger partial charge < -0.3 is 9.84 Å². The average molecular weight is 301 g/mol. The van der Waals surface area contributed by atoms with Crippen LogP contribution in [-0.2, 0) is 4.79 Å². The summed E-state index contributed by atoms with van der Waals surface area (Å²) in [5.41, 5.74) is 0.0564. The van der Waals surface area contributed by atoms with E-state index in [2.05, 4.69) is 0 Å². The minimum atomic E-state index is -0.689. The molecule has 0 aliphatic heterocycles. The monoisotopic (exact) mass is 300 g/mol. The quantitative estimate of drug-likeness (QED) is 0.744. The number of carboxylic acid groups (broad SMARTS) is 1. The van der Waals surface area contributed by atoms with Gasteiger partial charge in [0.1, 0.15) is 5.75 Å². The van der Waals surface area contributed by atoms with Crippen LogP contribution in [0.2, 0.25) is 5.02 Å². The minimum absolute atomic E-state index is 0.0564. The predicted octanol–water partition coefficient (Wildman–Crippen LogP) is 3.71. The molecule has 0 heterocycles. The van der Waals surface area contributed by atoms with Gasteiger partial charge in [-0.3, -0.25) is 4.79 Å². The third kappa shape index (κ3) is 4.62. The zero-order valence-corrected chi connectivity index (χ0v) is 12.2. The summed E-state index contributed by atoms with van der Waals surface area (Å²) < 4.78 is 5.58. The van der Waals surface area contributed by atoms with Crippen LogP contribution in [0.1, 0.15) is 19.3 Å². The first-order valence-corrected chi connectivity index (χ1v) is 7.81. The van der Waals surface area contributed by atoms with Crippen molar-refractivity contribution >= 4 is 29.3 Å². The van der Waals surface area contributed by atoms with Crippen molar-refractivity contribution < 1.29 is 14.6 Å². The summed E-state index contributed by atoms with van der Waals surface area (Å²) in [7, 11) is 0. The Hall–Kier alpha value is -0.870. The number of hydrogen-bond acceptors (Lipinski definition) is 3. The van der Waals surface area contributed by atoms with Gasteiger partial charge in [-0.1, -0.05) is 23.7 Å². The van der Waals surface area contributed by atoms with Crippen molar-refractivity contribution in [1.82, 2.24) is 0 Å². The number of hydrogen-bond donors (Lipinski definition) is 1. The van der Waals surface area contributed by atoms with Crippen LogP contribution in [0.15, 0.2) is 24.3 Å². The molecule has 104 valence electrons. The third-order valence-corrected chi connectivity index (χ3v) is 4.80. The summed E-state index contributed by atoms with van der Waals surface area (Å²) in [6, 6.07) is 7.41. The summed E-state index contributed by atoms with van der Waals surface area (Å²) in [6.45, 7) is 0.595. The van der Waals surface area contributed by atoms with Gasteiger partial charge in [0.15, 0.2) is 0 Å². The first kappa shape index (κ1) is 14.5. The van der Waals surface area contributed by atoms with Crippen LogP contribution in [0, 0.1) is 5.41 Å². The molecule has 2 rings (SSSR count). The zero-order chi connectivity index (χ0) is 13.7. The number of ether oxygens (including phenoxy) is 1. The fourth-order valence-electron chi connectivity index (χ4n) is 1.93. The molecule has 0 spiro atoms. The zero-order valence-electron chi connectivity index (χ0n) is 10.6. The van der Waals surface area contributed by atoms with Crippen molar-refractivity contribution in [2.45, 2.75) is 19.3 Å². The first-order chi connectivity index (χ1) is 9.11. The lowest BCUT2D eigenvalue weighted by atomic mass is 10.1. The second-order valence-electron chi connectivity index (χ2n) is 4.90. The Labute approximate surface area is 122 Å². The smallest absolute Gasteiger partial charge is 0.303 e. The van der Waals surface area contributed by atoms with E-state index in [-0.39, 0.29) is 5.41 Å². The number of rotatable bonds is 8. The Bertz CT molecular complexity index is 446.